The van der Waals surface area contributed by atoms with Gasteiger partial charge in [-0.3, -0.25) is 0 Å². The van der Waals surface area contributed by atoms with Crippen LogP contribution in [0.25, 0.3) is 10.2 Å². The number of fused-ring (bicyclic) bond motifs is 1. The van der Waals surface area contributed by atoms with Crippen LogP contribution in [0.15, 0.2) is 46.5 Å². The summed E-state index contributed by atoms with van der Waals surface area (Å²) in [6.45, 7) is 0.766. The van der Waals surface area contributed by atoms with Gasteiger partial charge in [-0.25, -0.2) is 9.97 Å². The van der Waals surface area contributed by atoms with Crippen molar-refractivity contribution in [2.45, 2.75) is 6.54 Å². The predicted molar refractivity (Wildman–Crippen MR) is 91.8 cm³/mol. The van der Waals surface area contributed by atoms with Gasteiger partial charge < -0.3 is 10.1 Å². The summed E-state index contributed by atoms with van der Waals surface area (Å²) in [6, 6.07) is 12.3. The average Bonchev–Trinajstić information content (AvgIpc) is 2.88. The van der Waals surface area contributed by atoms with E-state index in [1.165, 1.54) is 5.56 Å². The van der Waals surface area contributed by atoms with Crippen LogP contribution in [0.2, 0.25) is 0 Å². The van der Waals surface area contributed by atoms with Gasteiger partial charge in [0.15, 0.2) is 0 Å². The second-order valence-electron chi connectivity index (χ2n) is 4.23. The van der Waals surface area contributed by atoms with E-state index in [1.807, 2.05) is 24.3 Å². The zero-order valence-corrected chi connectivity index (χ0v) is 14.2. The Balaban J connectivity index is 0.000000497. The number of aromatic nitrogens is 2. The maximum atomic E-state index is 4.30. The van der Waals surface area contributed by atoms with E-state index in [0.29, 0.717) is 0 Å². The molecule has 0 bridgehead atoms. The van der Waals surface area contributed by atoms with Crippen LogP contribution in [0.5, 0.6) is 0 Å². The lowest BCUT2D eigenvalue weighted by Gasteiger charge is -2.05. The molecule has 0 saturated carbocycles. The highest BCUT2D eigenvalue weighted by Crippen LogP contribution is 2.32. The van der Waals surface area contributed by atoms with Crippen molar-refractivity contribution in [1.29, 1.82) is 0 Å². The fraction of sp³-hybridized carbons (Fsp3) is 0.200. The number of halogens is 1. The number of methoxy groups -OCH3 is 1. The zero-order chi connectivity index (χ0) is 15.1. The number of anilines is 1. The SMILES string of the molecule is Brc1cc2ncnc(NCc3ccccc3)c2s1.COC. The number of benzene rings is 1. The van der Waals surface area contributed by atoms with Crippen LogP contribution in [0.1, 0.15) is 5.56 Å². The first-order chi connectivity index (χ1) is 10.2. The van der Waals surface area contributed by atoms with Crippen molar-refractivity contribution in [3.63, 3.8) is 0 Å². The van der Waals surface area contributed by atoms with E-state index < -0.39 is 0 Å². The molecule has 0 saturated heterocycles. The van der Waals surface area contributed by atoms with Crippen molar-refractivity contribution in [2.75, 3.05) is 19.5 Å². The standard InChI is InChI=1S/C13H10BrN3S.C2H6O/c14-11-6-10-12(18-11)13(17-8-16-10)15-7-9-4-2-1-3-5-9;1-3-2/h1-6,8H,7H2,(H,15,16,17);1-2H3. The van der Waals surface area contributed by atoms with E-state index in [-0.39, 0.29) is 0 Å². The number of ether oxygens (including phenoxy) is 1. The lowest BCUT2D eigenvalue weighted by Crippen LogP contribution is -2.01. The monoisotopic (exact) mass is 365 g/mol. The molecule has 1 aromatic carbocycles. The summed E-state index contributed by atoms with van der Waals surface area (Å²) < 4.78 is 6.40. The van der Waals surface area contributed by atoms with Crippen LogP contribution in [0.4, 0.5) is 5.82 Å². The van der Waals surface area contributed by atoms with Crippen molar-refractivity contribution in [1.82, 2.24) is 9.97 Å². The molecule has 21 heavy (non-hydrogen) atoms. The van der Waals surface area contributed by atoms with E-state index in [4.69, 9.17) is 0 Å². The van der Waals surface area contributed by atoms with Gasteiger partial charge in [-0.2, -0.15) is 0 Å². The van der Waals surface area contributed by atoms with Crippen molar-refractivity contribution in [2.24, 2.45) is 0 Å². The summed E-state index contributed by atoms with van der Waals surface area (Å²) in [5.41, 5.74) is 2.21. The Morgan fingerprint density at radius 1 is 1.19 bits per heavy atom. The van der Waals surface area contributed by atoms with Gasteiger partial charge in [-0.15, -0.1) is 11.3 Å². The summed E-state index contributed by atoms with van der Waals surface area (Å²) in [5, 5.41) is 3.36. The van der Waals surface area contributed by atoms with Gasteiger partial charge in [-0.05, 0) is 27.6 Å². The van der Waals surface area contributed by atoms with E-state index in [9.17, 15) is 0 Å². The molecule has 0 amide bonds. The number of hydrogen-bond acceptors (Lipinski definition) is 5. The first-order valence-corrected chi connectivity index (χ1v) is 7.93. The largest absolute Gasteiger partial charge is 0.388 e. The first kappa shape index (κ1) is 15.9. The van der Waals surface area contributed by atoms with Crippen molar-refractivity contribution >= 4 is 43.3 Å². The number of hydrogen-bond donors (Lipinski definition) is 1. The van der Waals surface area contributed by atoms with E-state index in [2.05, 4.69) is 48.1 Å². The molecule has 110 valence electrons. The highest BCUT2D eigenvalue weighted by atomic mass is 79.9. The Morgan fingerprint density at radius 2 is 1.90 bits per heavy atom. The lowest BCUT2D eigenvalue weighted by molar-refractivity contribution is 0.277. The fourth-order valence-corrected chi connectivity index (χ4v) is 3.24. The van der Waals surface area contributed by atoms with Crippen molar-refractivity contribution < 1.29 is 4.74 Å². The molecule has 0 aliphatic heterocycles. The first-order valence-electron chi connectivity index (χ1n) is 6.32. The minimum absolute atomic E-state index is 0.766. The molecule has 0 atom stereocenters. The minimum Gasteiger partial charge on any atom is -0.388 e. The van der Waals surface area contributed by atoms with E-state index in [0.717, 1.165) is 26.4 Å². The Hall–Kier alpha value is -1.50. The van der Waals surface area contributed by atoms with Crippen LogP contribution >= 0.6 is 27.3 Å². The molecule has 0 radical (unpaired) electrons. The van der Waals surface area contributed by atoms with Gasteiger partial charge in [0.05, 0.1) is 14.0 Å². The molecule has 0 aliphatic carbocycles. The summed E-state index contributed by atoms with van der Waals surface area (Å²) in [6.07, 6.45) is 1.59. The Labute approximate surface area is 136 Å². The highest BCUT2D eigenvalue weighted by Gasteiger charge is 2.07. The number of rotatable bonds is 3. The quantitative estimate of drug-likeness (QED) is 0.750. The normalized spacial score (nSPS) is 10.0. The van der Waals surface area contributed by atoms with E-state index in [1.54, 1.807) is 31.9 Å². The molecule has 1 N–H and O–H groups in total. The molecule has 4 nitrogen and oxygen atoms in total. The maximum Gasteiger partial charge on any atom is 0.147 e. The van der Waals surface area contributed by atoms with Crippen LogP contribution < -0.4 is 5.32 Å². The Bertz CT molecular complexity index is 688. The van der Waals surface area contributed by atoms with Crippen molar-refractivity contribution in [3.05, 3.63) is 52.1 Å². The second-order valence-corrected chi connectivity index (χ2v) is 6.67. The smallest absolute Gasteiger partial charge is 0.147 e. The molecule has 0 aliphatic rings. The summed E-state index contributed by atoms with van der Waals surface area (Å²) in [7, 11) is 3.25. The average molecular weight is 366 g/mol. The topological polar surface area (TPSA) is 47.0 Å². The molecule has 0 spiro atoms. The predicted octanol–water partition coefficient (Wildman–Crippen LogP) is 4.33. The molecular weight excluding hydrogens is 350 g/mol. The van der Waals surface area contributed by atoms with Crippen LogP contribution in [0.3, 0.4) is 0 Å². The molecule has 2 aromatic heterocycles. The summed E-state index contributed by atoms with van der Waals surface area (Å²) >= 11 is 5.12. The molecule has 3 rings (SSSR count). The van der Waals surface area contributed by atoms with Gasteiger partial charge >= 0.3 is 0 Å². The van der Waals surface area contributed by atoms with Crippen LogP contribution in [0, 0.1) is 0 Å². The number of nitrogens with one attached hydrogen (secondary N) is 1. The molecule has 0 unspecified atom stereocenters. The van der Waals surface area contributed by atoms with Crippen LogP contribution in [-0.4, -0.2) is 24.2 Å². The highest BCUT2D eigenvalue weighted by molar-refractivity contribution is 9.11. The molecule has 2 heterocycles. The van der Waals surface area contributed by atoms with Gasteiger partial charge in [-0.1, -0.05) is 30.3 Å². The summed E-state index contributed by atoms with van der Waals surface area (Å²) in [5.74, 6) is 0.888. The molecule has 3 aromatic rings. The Kier molecular flexibility index (Phi) is 6.10. The number of nitrogens with zero attached hydrogens (tertiary/aromatic N) is 2. The lowest BCUT2D eigenvalue weighted by atomic mass is 10.2. The summed E-state index contributed by atoms with van der Waals surface area (Å²) in [4.78, 5) is 8.55. The Morgan fingerprint density at radius 3 is 2.62 bits per heavy atom. The number of thiophene rings is 1. The van der Waals surface area contributed by atoms with Gasteiger partial charge in [0.25, 0.3) is 0 Å². The second kappa shape index (κ2) is 8.07. The van der Waals surface area contributed by atoms with Gasteiger partial charge in [0, 0.05) is 20.8 Å². The fourth-order valence-electron chi connectivity index (χ4n) is 1.73. The third kappa shape index (κ3) is 4.49. The molecule has 0 fully saturated rings. The van der Waals surface area contributed by atoms with E-state index >= 15 is 0 Å². The van der Waals surface area contributed by atoms with Gasteiger partial charge in [0.2, 0.25) is 0 Å². The molecule has 6 heteroatoms. The minimum atomic E-state index is 0.766. The molecular formula is C15H16BrN3OS. The maximum absolute atomic E-state index is 4.30. The third-order valence-electron chi connectivity index (χ3n) is 2.58. The zero-order valence-electron chi connectivity index (χ0n) is 11.8. The third-order valence-corrected chi connectivity index (χ3v) is 4.22. The van der Waals surface area contributed by atoms with Gasteiger partial charge in [0.1, 0.15) is 12.1 Å². The van der Waals surface area contributed by atoms with Crippen molar-refractivity contribution in [3.8, 4) is 0 Å². The van der Waals surface area contributed by atoms with Crippen LogP contribution in [-0.2, 0) is 11.3 Å².